The molecule has 2 saturated carbocycles. The van der Waals surface area contributed by atoms with E-state index in [1.807, 2.05) is 0 Å². The molecule has 0 spiro atoms. The second-order valence-electron chi connectivity index (χ2n) is 9.15. The Morgan fingerprint density at radius 2 is 2.12 bits per heavy atom. The van der Waals surface area contributed by atoms with Crippen LogP contribution in [0.25, 0.3) is 0 Å². The van der Waals surface area contributed by atoms with Gasteiger partial charge in [0, 0.05) is 0 Å². The Labute approximate surface area is 146 Å². The summed E-state index contributed by atoms with van der Waals surface area (Å²) in [5.41, 5.74) is 1.84. The van der Waals surface area contributed by atoms with Crippen molar-refractivity contribution in [1.82, 2.24) is 0 Å². The van der Waals surface area contributed by atoms with E-state index in [2.05, 4.69) is 32.1 Å². The Balaban J connectivity index is 1.68. The molecule has 3 unspecified atom stereocenters. The molecule has 0 aromatic rings. The molecular weight excluding hydrogens is 296 g/mol. The number of hydrogen-bond donors (Lipinski definition) is 1. The summed E-state index contributed by atoms with van der Waals surface area (Å²) in [7, 11) is 0. The van der Waals surface area contributed by atoms with Crippen LogP contribution < -0.4 is 0 Å². The number of carboxylic acids is 1. The van der Waals surface area contributed by atoms with Gasteiger partial charge in [-0.05, 0) is 91.4 Å². The van der Waals surface area contributed by atoms with Crippen molar-refractivity contribution in [3.8, 4) is 0 Å². The largest absolute Gasteiger partial charge is 0.481 e. The highest BCUT2D eigenvalue weighted by Gasteiger charge is 2.61. The summed E-state index contributed by atoms with van der Waals surface area (Å²) in [6.07, 6.45) is 17.7. The normalized spacial score (nSPS) is 46.7. The van der Waals surface area contributed by atoms with E-state index in [1.54, 1.807) is 5.57 Å². The van der Waals surface area contributed by atoms with Crippen molar-refractivity contribution in [3.63, 3.8) is 0 Å². The fourth-order valence-electron chi connectivity index (χ4n) is 7.29. The Bertz CT molecular complexity index is 589. The fraction of sp³-hybridized carbons (Fsp3) is 0.773. The number of carbonyl (C=O) groups is 1. The van der Waals surface area contributed by atoms with Crippen LogP contribution in [0.2, 0.25) is 0 Å². The molecular formula is C22H32O2. The molecule has 0 aromatic carbocycles. The Kier molecular flexibility index (Phi) is 3.93. The lowest BCUT2D eigenvalue weighted by Gasteiger charge is -2.55. The molecule has 0 aliphatic heterocycles. The molecule has 0 amide bonds. The van der Waals surface area contributed by atoms with Crippen molar-refractivity contribution in [2.24, 2.45) is 34.5 Å². The standard InChI is InChI=1S/C22H32O2/c1-3-22(14-20(23)24)13-11-19-18-9-8-15-6-4-5-7-16(15)17(18)10-12-21(19,22)2/h6,8-9,16-19H,3-5,7,10-14H2,1-2H3,(H,23,24)/t16-,17?,18?,19?,21-,22+/m0/s1. The topological polar surface area (TPSA) is 37.3 Å². The predicted molar refractivity (Wildman–Crippen MR) is 96.6 cm³/mol. The molecule has 0 radical (unpaired) electrons. The van der Waals surface area contributed by atoms with Gasteiger partial charge in [0.1, 0.15) is 0 Å². The minimum absolute atomic E-state index is 0.0188. The number of rotatable bonds is 3. The Morgan fingerprint density at radius 3 is 2.88 bits per heavy atom. The lowest BCUT2D eigenvalue weighted by atomic mass is 9.49. The number of aliphatic carboxylic acids is 1. The molecule has 2 heteroatoms. The summed E-state index contributed by atoms with van der Waals surface area (Å²) in [6.45, 7) is 4.66. The molecule has 4 aliphatic carbocycles. The van der Waals surface area contributed by atoms with Gasteiger partial charge in [0.15, 0.2) is 0 Å². The first-order chi connectivity index (χ1) is 11.5. The summed E-state index contributed by atoms with van der Waals surface area (Å²) >= 11 is 0. The first-order valence-electron chi connectivity index (χ1n) is 10.1. The van der Waals surface area contributed by atoms with E-state index in [-0.39, 0.29) is 10.8 Å². The van der Waals surface area contributed by atoms with Crippen LogP contribution >= 0.6 is 0 Å². The SMILES string of the molecule is CC[C@]1(CC(=O)O)CCC2C3C=CC4=CCCC[C@@H]4C3CC[C@@]21C. The minimum Gasteiger partial charge on any atom is -0.481 e. The molecule has 0 aromatic heterocycles. The van der Waals surface area contributed by atoms with Gasteiger partial charge in [-0.15, -0.1) is 0 Å². The van der Waals surface area contributed by atoms with E-state index < -0.39 is 5.97 Å². The maximum Gasteiger partial charge on any atom is 0.303 e. The third-order valence-corrected chi connectivity index (χ3v) is 8.64. The monoisotopic (exact) mass is 328 g/mol. The van der Waals surface area contributed by atoms with Crippen molar-refractivity contribution in [3.05, 3.63) is 23.8 Å². The second kappa shape index (κ2) is 5.75. The summed E-state index contributed by atoms with van der Waals surface area (Å²) in [4.78, 5) is 11.6. The molecule has 2 fully saturated rings. The summed E-state index contributed by atoms with van der Waals surface area (Å²) < 4.78 is 0. The predicted octanol–water partition coefficient (Wildman–Crippen LogP) is 5.60. The van der Waals surface area contributed by atoms with E-state index in [0.717, 1.165) is 24.7 Å². The van der Waals surface area contributed by atoms with Gasteiger partial charge < -0.3 is 5.11 Å². The van der Waals surface area contributed by atoms with Crippen molar-refractivity contribution in [1.29, 1.82) is 0 Å². The minimum atomic E-state index is -0.600. The highest BCUT2D eigenvalue weighted by Crippen LogP contribution is 2.68. The highest BCUT2D eigenvalue weighted by atomic mass is 16.4. The molecule has 4 aliphatic rings. The third kappa shape index (κ3) is 2.17. The zero-order valence-corrected chi connectivity index (χ0v) is 15.3. The molecule has 0 saturated heterocycles. The van der Waals surface area contributed by atoms with Crippen molar-refractivity contribution < 1.29 is 9.90 Å². The number of allylic oxidation sites excluding steroid dienone is 4. The molecule has 6 atom stereocenters. The maximum absolute atomic E-state index is 11.6. The molecule has 24 heavy (non-hydrogen) atoms. The van der Waals surface area contributed by atoms with Crippen LogP contribution in [0, 0.1) is 34.5 Å². The van der Waals surface area contributed by atoms with Gasteiger partial charge in [-0.3, -0.25) is 4.79 Å². The van der Waals surface area contributed by atoms with Gasteiger partial charge in [-0.25, -0.2) is 0 Å². The van der Waals surface area contributed by atoms with Gasteiger partial charge in [0.25, 0.3) is 0 Å². The molecule has 0 bridgehead atoms. The first-order valence-corrected chi connectivity index (χ1v) is 10.1. The number of carboxylic acid groups (broad SMARTS) is 1. The lowest BCUT2D eigenvalue weighted by Crippen LogP contribution is -2.49. The van der Waals surface area contributed by atoms with E-state index >= 15 is 0 Å². The molecule has 132 valence electrons. The van der Waals surface area contributed by atoms with Crippen LogP contribution in [-0.2, 0) is 4.79 Å². The smallest absolute Gasteiger partial charge is 0.303 e. The van der Waals surface area contributed by atoms with Gasteiger partial charge >= 0.3 is 5.97 Å². The van der Waals surface area contributed by atoms with Gasteiger partial charge in [0.05, 0.1) is 6.42 Å². The highest BCUT2D eigenvalue weighted by molar-refractivity contribution is 5.68. The van der Waals surface area contributed by atoms with Crippen molar-refractivity contribution in [2.75, 3.05) is 0 Å². The summed E-state index contributed by atoms with van der Waals surface area (Å²) in [5.74, 6) is 2.38. The van der Waals surface area contributed by atoms with Crippen molar-refractivity contribution >= 4 is 5.97 Å². The summed E-state index contributed by atoms with van der Waals surface area (Å²) in [5, 5.41) is 9.54. The van der Waals surface area contributed by atoms with E-state index in [4.69, 9.17) is 0 Å². The maximum atomic E-state index is 11.6. The molecule has 1 N–H and O–H groups in total. The molecule has 4 rings (SSSR count). The quantitative estimate of drug-likeness (QED) is 0.732. The fourth-order valence-corrected chi connectivity index (χ4v) is 7.29. The zero-order chi connectivity index (χ0) is 16.9. The van der Waals surface area contributed by atoms with Crippen LogP contribution in [0.15, 0.2) is 23.8 Å². The van der Waals surface area contributed by atoms with E-state index in [1.165, 1.54) is 38.5 Å². The van der Waals surface area contributed by atoms with Crippen LogP contribution in [-0.4, -0.2) is 11.1 Å². The average Bonchev–Trinajstić information content (AvgIpc) is 2.87. The van der Waals surface area contributed by atoms with Crippen LogP contribution in [0.1, 0.15) is 71.6 Å². The number of hydrogen-bond acceptors (Lipinski definition) is 1. The molecule has 0 heterocycles. The summed E-state index contributed by atoms with van der Waals surface area (Å²) in [6, 6.07) is 0. The third-order valence-electron chi connectivity index (χ3n) is 8.64. The van der Waals surface area contributed by atoms with Crippen LogP contribution in [0.4, 0.5) is 0 Å². The first kappa shape index (κ1) is 16.4. The van der Waals surface area contributed by atoms with Gasteiger partial charge in [-0.2, -0.15) is 0 Å². The van der Waals surface area contributed by atoms with Crippen LogP contribution in [0.5, 0.6) is 0 Å². The molecule has 2 nitrogen and oxygen atoms in total. The average molecular weight is 328 g/mol. The Morgan fingerprint density at radius 1 is 1.29 bits per heavy atom. The van der Waals surface area contributed by atoms with E-state index in [0.29, 0.717) is 18.3 Å². The second-order valence-corrected chi connectivity index (χ2v) is 9.15. The van der Waals surface area contributed by atoms with Gasteiger partial charge in [-0.1, -0.05) is 32.1 Å². The zero-order valence-electron chi connectivity index (χ0n) is 15.3. The van der Waals surface area contributed by atoms with Gasteiger partial charge in [0.2, 0.25) is 0 Å². The van der Waals surface area contributed by atoms with Crippen molar-refractivity contribution in [2.45, 2.75) is 71.6 Å². The van der Waals surface area contributed by atoms with E-state index in [9.17, 15) is 9.90 Å². The Hall–Kier alpha value is -1.05. The number of fused-ring (bicyclic) bond motifs is 5. The van der Waals surface area contributed by atoms with Crippen LogP contribution in [0.3, 0.4) is 0 Å². The lowest BCUT2D eigenvalue weighted by molar-refractivity contribution is -0.144.